The van der Waals surface area contributed by atoms with Gasteiger partial charge in [-0.15, -0.1) is 0 Å². The Bertz CT molecular complexity index is 1280. The van der Waals surface area contributed by atoms with Crippen LogP contribution in [0.3, 0.4) is 0 Å². The number of amides is 1. The Morgan fingerprint density at radius 3 is 0.866 bits per heavy atom. The van der Waals surface area contributed by atoms with Crippen LogP contribution in [0.15, 0.2) is 24.3 Å². The zero-order valence-corrected chi connectivity index (χ0v) is 55.8. The zero-order valence-electron chi connectivity index (χ0n) is 55.8. The molecule has 0 fully saturated rings. The van der Waals surface area contributed by atoms with Gasteiger partial charge >= 0.3 is 5.97 Å². The molecule has 2 unspecified atom stereocenters. The number of unbranched alkanes of at least 4 members (excludes halogenated alkanes) is 58. The van der Waals surface area contributed by atoms with Gasteiger partial charge in [0, 0.05) is 12.8 Å². The number of hydrogen-bond acceptors (Lipinski definition) is 5. The molecule has 0 aliphatic carbocycles. The number of esters is 1. The molecule has 0 radical (unpaired) electrons. The number of carbonyl (C=O) groups is 2. The molecule has 0 saturated carbocycles. The fourth-order valence-corrected chi connectivity index (χ4v) is 12.0. The third-order valence-electron chi connectivity index (χ3n) is 17.7. The number of rotatable bonds is 71. The molecule has 0 saturated heterocycles. The van der Waals surface area contributed by atoms with E-state index < -0.39 is 12.1 Å². The van der Waals surface area contributed by atoms with E-state index in [0.717, 1.165) is 38.5 Å². The Morgan fingerprint density at radius 2 is 0.573 bits per heavy atom. The number of aliphatic hydroxyl groups is 2. The van der Waals surface area contributed by atoms with Gasteiger partial charge in [-0.3, -0.25) is 9.59 Å². The summed E-state index contributed by atoms with van der Waals surface area (Å²) < 4.78 is 5.52. The molecule has 6 nitrogen and oxygen atoms in total. The Labute approximate surface area is 513 Å². The normalized spacial score (nSPS) is 12.6. The smallest absolute Gasteiger partial charge is 0.305 e. The van der Waals surface area contributed by atoms with Gasteiger partial charge in [0.25, 0.3) is 0 Å². The number of hydrogen-bond donors (Lipinski definition) is 3. The van der Waals surface area contributed by atoms with E-state index in [4.69, 9.17) is 4.74 Å². The van der Waals surface area contributed by atoms with Gasteiger partial charge in [0.05, 0.1) is 25.4 Å². The summed E-state index contributed by atoms with van der Waals surface area (Å²) in [5.41, 5.74) is 0. The van der Waals surface area contributed by atoms with Crippen molar-refractivity contribution in [2.75, 3.05) is 13.2 Å². The van der Waals surface area contributed by atoms with E-state index in [2.05, 4.69) is 31.3 Å². The van der Waals surface area contributed by atoms with Crippen LogP contribution < -0.4 is 5.32 Å². The Hall–Kier alpha value is -1.66. The van der Waals surface area contributed by atoms with Crippen molar-refractivity contribution in [3.05, 3.63) is 24.3 Å². The van der Waals surface area contributed by atoms with E-state index in [0.29, 0.717) is 19.4 Å². The lowest BCUT2D eigenvalue weighted by atomic mass is 10.0. The number of ether oxygens (including phenoxy) is 1. The van der Waals surface area contributed by atoms with Gasteiger partial charge < -0.3 is 20.3 Å². The van der Waals surface area contributed by atoms with Crippen molar-refractivity contribution in [2.24, 2.45) is 0 Å². The Kier molecular flexibility index (Phi) is 70.4. The first-order chi connectivity index (χ1) is 40.5. The van der Waals surface area contributed by atoms with Crippen LogP contribution in [-0.2, 0) is 14.3 Å². The van der Waals surface area contributed by atoms with Crippen LogP contribution in [0.2, 0.25) is 0 Å². The highest BCUT2D eigenvalue weighted by atomic mass is 16.5. The second kappa shape index (κ2) is 71.8. The standard InChI is InChI=1S/C76H147NO5/c1-3-5-7-9-11-13-15-17-19-20-35-39-42-46-50-54-58-62-66-70-76(81)82-71-67-63-59-55-51-47-43-40-37-34-32-30-28-26-24-22-21-23-25-27-29-31-33-36-38-41-45-49-53-57-61-65-69-75(80)77-73(72-78)74(79)68-64-60-56-52-48-44-18-16-14-12-10-8-6-4-2/h24,26,64,68,73-74,78-79H,3-23,25,27-63,65-67,69-72H2,1-2H3,(H,77,80)/b26-24-,68-64+. The summed E-state index contributed by atoms with van der Waals surface area (Å²) in [6.07, 6.45) is 91.4. The highest BCUT2D eigenvalue weighted by Gasteiger charge is 2.18. The molecule has 0 aliphatic heterocycles. The minimum absolute atomic E-state index is 0.0236. The maximum atomic E-state index is 12.5. The van der Waals surface area contributed by atoms with Crippen molar-refractivity contribution < 1.29 is 24.5 Å². The number of allylic oxidation sites excluding steroid dienone is 3. The lowest BCUT2D eigenvalue weighted by molar-refractivity contribution is -0.143. The fourth-order valence-electron chi connectivity index (χ4n) is 12.0. The molecule has 6 heteroatoms. The SMILES string of the molecule is CCCCCCCCCCCCCC/C=C/C(O)C(CO)NC(=O)CCCCCCCCCCCCCCCCCC/C=C\CCCCCCCCCCCCCCOC(=O)CCCCCCCCCCCCCCCCCCCCC. The summed E-state index contributed by atoms with van der Waals surface area (Å²) in [5, 5.41) is 23.2. The molecule has 0 aliphatic rings. The van der Waals surface area contributed by atoms with Crippen LogP contribution >= 0.6 is 0 Å². The number of nitrogens with one attached hydrogen (secondary N) is 1. The molecular weight excluding hydrogens is 1010 g/mol. The van der Waals surface area contributed by atoms with Gasteiger partial charge in [-0.1, -0.05) is 378 Å². The van der Waals surface area contributed by atoms with Crippen molar-refractivity contribution in [3.8, 4) is 0 Å². The van der Waals surface area contributed by atoms with E-state index in [9.17, 15) is 19.8 Å². The molecule has 0 spiro atoms. The van der Waals surface area contributed by atoms with Crippen molar-refractivity contribution in [3.63, 3.8) is 0 Å². The van der Waals surface area contributed by atoms with Crippen molar-refractivity contribution in [1.82, 2.24) is 5.32 Å². The molecule has 1 amide bonds. The molecule has 3 N–H and O–H groups in total. The molecule has 0 aromatic carbocycles. The minimum Gasteiger partial charge on any atom is -0.466 e. The molecule has 0 aromatic rings. The van der Waals surface area contributed by atoms with Crippen LogP contribution in [-0.4, -0.2) is 47.4 Å². The van der Waals surface area contributed by atoms with Crippen molar-refractivity contribution >= 4 is 11.9 Å². The molecular formula is C76H147NO5. The summed E-state index contributed by atoms with van der Waals surface area (Å²) in [6.45, 7) is 4.95. The van der Waals surface area contributed by atoms with Gasteiger partial charge in [0.1, 0.15) is 0 Å². The van der Waals surface area contributed by atoms with Gasteiger partial charge in [0.2, 0.25) is 5.91 Å². The lowest BCUT2D eigenvalue weighted by Gasteiger charge is -2.20. The predicted octanol–water partition coefficient (Wildman–Crippen LogP) is 24.5. The van der Waals surface area contributed by atoms with Crippen molar-refractivity contribution in [2.45, 2.75) is 437 Å². The minimum atomic E-state index is -0.842. The van der Waals surface area contributed by atoms with Crippen LogP contribution in [0.25, 0.3) is 0 Å². The molecule has 486 valence electrons. The summed E-state index contributed by atoms with van der Waals surface area (Å²) in [5.74, 6) is -0.0394. The molecule has 82 heavy (non-hydrogen) atoms. The van der Waals surface area contributed by atoms with Crippen LogP contribution in [0.4, 0.5) is 0 Å². The van der Waals surface area contributed by atoms with Crippen molar-refractivity contribution in [1.29, 1.82) is 0 Å². The van der Waals surface area contributed by atoms with Gasteiger partial charge in [-0.05, 0) is 57.8 Å². The second-order valence-corrected chi connectivity index (χ2v) is 26.0. The maximum absolute atomic E-state index is 12.5. The molecule has 0 rings (SSSR count). The maximum Gasteiger partial charge on any atom is 0.305 e. The second-order valence-electron chi connectivity index (χ2n) is 26.0. The number of aliphatic hydroxyl groups excluding tert-OH is 2. The van der Waals surface area contributed by atoms with Crippen LogP contribution in [0, 0.1) is 0 Å². The van der Waals surface area contributed by atoms with Gasteiger partial charge in [-0.25, -0.2) is 0 Å². The van der Waals surface area contributed by atoms with E-state index in [-0.39, 0.29) is 18.5 Å². The van der Waals surface area contributed by atoms with E-state index in [1.165, 1.54) is 360 Å². The van der Waals surface area contributed by atoms with Gasteiger partial charge in [0.15, 0.2) is 0 Å². The lowest BCUT2D eigenvalue weighted by Crippen LogP contribution is -2.45. The molecule has 2 atom stereocenters. The first-order valence-electron chi connectivity index (χ1n) is 37.6. The highest BCUT2D eigenvalue weighted by Crippen LogP contribution is 2.19. The summed E-state index contributed by atoms with van der Waals surface area (Å²) in [4.78, 5) is 24.6. The molecule has 0 heterocycles. The first-order valence-corrected chi connectivity index (χ1v) is 37.6. The predicted molar refractivity (Wildman–Crippen MR) is 361 cm³/mol. The fraction of sp³-hybridized carbons (Fsp3) is 0.921. The third-order valence-corrected chi connectivity index (χ3v) is 17.7. The Morgan fingerprint density at radius 1 is 0.329 bits per heavy atom. The summed E-state index contributed by atoms with van der Waals surface area (Å²) in [6, 6.07) is -0.625. The first kappa shape index (κ1) is 80.3. The van der Waals surface area contributed by atoms with E-state index >= 15 is 0 Å². The monoisotopic (exact) mass is 1150 g/mol. The van der Waals surface area contributed by atoms with E-state index in [1.807, 2.05) is 6.08 Å². The van der Waals surface area contributed by atoms with Gasteiger partial charge in [-0.2, -0.15) is 0 Å². The zero-order chi connectivity index (χ0) is 59.2. The molecule has 0 aromatic heterocycles. The highest BCUT2D eigenvalue weighted by molar-refractivity contribution is 5.76. The topological polar surface area (TPSA) is 95.9 Å². The van der Waals surface area contributed by atoms with Crippen LogP contribution in [0.1, 0.15) is 425 Å². The number of carbonyl (C=O) groups excluding carboxylic acids is 2. The quantitative estimate of drug-likeness (QED) is 0.0320. The summed E-state index contributed by atoms with van der Waals surface area (Å²) >= 11 is 0. The largest absolute Gasteiger partial charge is 0.466 e. The van der Waals surface area contributed by atoms with Crippen LogP contribution in [0.5, 0.6) is 0 Å². The summed E-state index contributed by atoms with van der Waals surface area (Å²) in [7, 11) is 0. The Balaban J connectivity index is 3.34. The average molecular weight is 1160 g/mol. The third kappa shape index (κ3) is 67.5. The average Bonchev–Trinajstić information content (AvgIpc) is 3.48. The van der Waals surface area contributed by atoms with E-state index in [1.54, 1.807) is 6.08 Å². The molecule has 0 bridgehead atoms.